The highest BCUT2D eigenvalue weighted by Gasteiger charge is 2.20. The first-order valence-electron chi connectivity index (χ1n) is 8.04. The number of amides is 1. The Morgan fingerprint density at radius 3 is 2.65 bits per heavy atom. The number of hydrogen-bond donors (Lipinski definition) is 0. The van der Waals surface area contributed by atoms with Crippen molar-refractivity contribution in [2.45, 2.75) is 19.5 Å². The van der Waals surface area contributed by atoms with Gasteiger partial charge >= 0.3 is 0 Å². The summed E-state index contributed by atoms with van der Waals surface area (Å²) in [6.07, 6.45) is 1.53. The van der Waals surface area contributed by atoms with Crippen LogP contribution in [0, 0.1) is 11.6 Å². The Balaban J connectivity index is 1.82. The maximum absolute atomic E-state index is 13.4. The lowest BCUT2D eigenvalue weighted by atomic mass is 10.1. The second-order valence-electron chi connectivity index (χ2n) is 6.05. The van der Waals surface area contributed by atoms with Crippen molar-refractivity contribution in [3.8, 4) is 0 Å². The molecule has 3 rings (SSSR count). The van der Waals surface area contributed by atoms with E-state index in [0.29, 0.717) is 16.3 Å². The molecule has 0 aliphatic carbocycles. The number of halogens is 2. The van der Waals surface area contributed by atoms with E-state index >= 15 is 0 Å². The summed E-state index contributed by atoms with van der Waals surface area (Å²) in [7, 11) is 1.54. The molecule has 0 bridgehead atoms. The first kappa shape index (κ1) is 17.7. The molecule has 0 aliphatic heterocycles. The number of rotatable bonds is 4. The van der Waals surface area contributed by atoms with Gasteiger partial charge in [0.05, 0.1) is 17.6 Å². The van der Waals surface area contributed by atoms with E-state index in [-0.39, 0.29) is 18.0 Å². The molecule has 0 saturated heterocycles. The third kappa shape index (κ3) is 3.33. The van der Waals surface area contributed by atoms with Crippen molar-refractivity contribution in [2.24, 2.45) is 0 Å². The second kappa shape index (κ2) is 7.03. The minimum absolute atomic E-state index is 0.242. The fourth-order valence-electron chi connectivity index (χ4n) is 2.69. The van der Waals surface area contributed by atoms with Gasteiger partial charge in [0.1, 0.15) is 6.54 Å². The summed E-state index contributed by atoms with van der Waals surface area (Å²) < 4.78 is 27.6. The first-order chi connectivity index (χ1) is 12.4. The van der Waals surface area contributed by atoms with Crippen LogP contribution in [0.3, 0.4) is 0 Å². The predicted octanol–water partition coefficient (Wildman–Crippen LogP) is 2.89. The minimum atomic E-state index is -0.970. The van der Waals surface area contributed by atoms with Crippen molar-refractivity contribution in [1.29, 1.82) is 0 Å². The van der Waals surface area contributed by atoms with Crippen molar-refractivity contribution >= 4 is 16.7 Å². The lowest BCUT2D eigenvalue weighted by molar-refractivity contribution is -0.132. The summed E-state index contributed by atoms with van der Waals surface area (Å²) in [4.78, 5) is 26.3. The third-order valence-electron chi connectivity index (χ3n) is 4.45. The van der Waals surface area contributed by atoms with Gasteiger partial charge in [-0.15, -0.1) is 0 Å². The molecule has 7 heteroatoms. The van der Waals surface area contributed by atoms with Crippen LogP contribution in [-0.2, 0) is 11.3 Å². The molecule has 0 saturated carbocycles. The summed E-state index contributed by atoms with van der Waals surface area (Å²) in [5.74, 6) is -2.28. The second-order valence-corrected chi connectivity index (χ2v) is 6.05. The fourth-order valence-corrected chi connectivity index (χ4v) is 2.69. The minimum Gasteiger partial charge on any atom is -0.337 e. The Bertz CT molecular complexity index is 1030. The fraction of sp³-hybridized carbons (Fsp3) is 0.211. The van der Waals surface area contributed by atoms with Crippen LogP contribution in [0.15, 0.2) is 53.5 Å². The highest BCUT2D eigenvalue weighted by molar-refractivity contribution is 5.81. The molecule has 1 amide bonds. The SMILES string of the molecule is CC(c1ccc(F)c(F)c1)N(C)C(=O)Cn1ncc2ccccc2c1=O. The number of aromatic nitrogens is 2. The molecule has 5 nitrogen and oxygen atoms in total. The summed E-state index contributed by atoms with van der Waals surface area (Å²) >= 11 is 0. The molecule has 0 N–H and O–H groups in total. The standard InChI is InChI=1S/C19H17F2N3O2/c1-12(13-7-8-16(20)17(21)9-13)23(2)18(25)11-24-19(26)15-6-4-3-5-14(15)10-22-24/h3-10,12H,11H2,1-2H3. The molecule has 0 radical (unpaired) electrons. The Kier molecular flexibility index (Phi) is 4.79. The summed E-state index contributed by atoms with van der Waals surface area (Å²) in [6.45, 7) is 1.45. The van der Waals surface area contributed by atoms with Crippen molar-refractivity contribution in [3.05, 3.63) is 76.2 Å². The number of carbonyl (C=O) groups is 1. The zero-order valence-electron chi connectivity index (χ0n) is 14.3. The van der Waals surface area contributed by atoms with Crippen LogP contribution in [0.2, 0.25) is 0 Å². The topological polar surface area (TPSA) is 55.2 Å². The summed E-state index contributed by atoms with van der Waals surface area (Å²) in [5, 5.41) is 5.21. The van der Waals surface area contributed by atoms with Crippen molar-refractivity contribution in [3.63, 3.8) is 0 Å². The van der Waals surface area contributed by atoms with Gasteiger partial charge in [-0.1, -0.05) is 24.3 Å². The van der Waals surface area contributed by atoms with E-state index in [1.807, 2.05) is 0 Å². The van der Waals surface area contributed by atoms with Gasteiger partial charge in [0.2, 0.25) is 5.91 Å². The monoisotopic (exact) mass is 357 g/mol. The van der Waals surface area contributed by atoms with Gasteiger partial charge < -0.3 is 4.90 Å². The van der Waals surface area contributed by atoms with Crippen LogP contribution < -0.4 is 5.56 Å². The van der Waals surface area contributed by atoms with Gasteiger partial charge in [0, 0.05) is 12.4 Å². The Morgan fingerprint density at radius 2 is 1.92 bits per heavy atom. The van der Waals surface area contributed by atoms with Crippen LogP contribution >= 0.6 is 0 Å². The Hall–Kier alpha value is -3.09. The molecule has 1 aromatic heterocycles. The van der Waals surface area contributed by atoms with E-state index in [1.54, 1.807) is 38.2 Å². The molecule has 26 heavy (non-hydrogen) atoms. The number of benzene rings is 2. The summed E-state index contributed by atoms with van der Waals surface area (Å²) in [5.41, 5.74) is 0.101. The van der Waals surface area contributed by atoms with E-state index in [0.717, 1.165) is 16.8 Å². The van der Waals surface area contributed by atoms with E-state index in [2.05, 4.69) is 5.10 Å². The lowest BCUT2D eigenvalue weighted by Gasteiger charge is -2.25. The Labute approximate surface area is 148 Å². The number of carbonyl (C=O) groups excluding carboxylic acids is 1. The molecule has 0 spiro atoms. The predicted molar refractivity (Wildman–Crippen MR) is 93.5 cm³/mol. The van der Waals surface area contributed by atoms with Crippen LogP contribution in [0.5, 0.6) is 0 Å². The van der Waals surface area contributed by atoms with Crippen molar-refractivity contribution < 1.29 is 13.6 Å². The Morgan fingerprint density at radius 1 is 1.19 bits per heavy atom. The number of nitrogens with zero attached hydrogens (tertiary/aromatic N) is 3. The van der Waals surface area contributed by atoms with E-state index in [4.69, 9.17) is 0 Å². The van der Waals surface area contributed by atoms with Gasteiger partial charge in [-0.05, 0) is 30.7 Å². The van der Waals surface area contributed by atoms with Crippen LogP contribution in [0.1, 0.15) is 18.5 Å². The van der Waals surface area contributed by atoms with Gasteiger partial charge in [-0.25, -0.2) is 13.5 Å². The van der Waals surface area contributed by atoms with Gasteiger partial charge in [0.25, 0.3) is 5.56 Å². The number of hydrogen-bond acceptors (Lipinski definition) is 3. The van der Waals surface area contributed by atoms with Crippen molar-refractivity contribution in [1.82, 2.24) is 14.7 Å². The van der Waals surface area contributed by atoms with Gasteiger partial charge in [0.15, 0.2) is 11.6 Å². The molecule has 134 valence electrons. The van der Waals surface area contributed by atoms with Crippen LogP contribution in [-0.4, -0.2) is 27.6 Å². The average molecular weight is 357 g/mol. The molecule has 0 aliphatic rings. The zero-order chi connectivity index (χ0) is 18.8. The molecule has 0 fully saturated rings. The smallest absolute Gasteiger partial charge is 0.275 e. The zero-order valence-corrected chi connectivity index (χ0v) is 14.3. The molecule has 1 atom stereocenters. The van der Waals surface area contributed by atoms with E-state index in [1.165, 1.54) is 17.2 Å². The van der Waals surface area contributed by atoms with Gasteiger partial charge in [-0.2, -0.15) is 5.10 Å². The maximum atomic E-state index is 13.4. The highest BCUT2D eigenvalue weighted by atomic mass is 19.2. The molecule has 2 aromatic carbocycles. The third-order valence-corrected chi connectivity index (χ3v) is 4.45. The summed E-state index contributed by atoms with van der Waals surface area (Å²) in [6, 6.07) is 10.0. The van der Waals surface area contributed by atoms with Crippen LogP contribution in [0.25, 0.3) is 10.8 Å². The normalized spacial score (nSPS) is 12.2. The van der Waals surface area contributed by atoms with Crippen LogP contribution in [0.4, 0.5) is 8.78 Å². The molecule has 3 aromatic rings. The highest BCUT2D eigenvalue weighted by Crippen LogP contribution is 2.21. The number of likely N-dealkylation sites (N-methyl/N-ethyl adjacent to an activating group) is 1. The molecular formula is C19H17F2N3O2. The van der Waals surface area contributed by atoms with E-state index < -0.39 is 17.7 Å². The van der Waals surface area contributed by atoms with Crippen molar-refractivity contribution in [2.75, 3.05) is 7.05 Å². The number of fused-ring (bicyclic) bond motifs is 1. The molecule has 1 unspecified atom stereocenters. The lowest BCUT2D eigenvalue weighted by Crippen LogP contribution is -2.36. The van der Waals surface area contributed by atoms with Gasteiger partial charge in [-0.3, -0.25) is 9.59 Å². The molecular weight excluding hydrogens is 340 g/mol. The van der Waals surface area contributed by atoms with E-state index in [9.17, 15) is 18.4 Å². The molecule has 1 heterocycles. The quantitative estimate of drug-likeness (QED) is 0.721. The first-order valence-corrected chi connectivity index (χ1v) is 8.04. The average Bonchev–Trinajstić information content (AvgIpc) is 2.65. The largest absolute Gasteiger partial charge is 0.337 e. The maximum Gasteiger partial charge on any atom is 0.275 e.